The van der Waals surface area contributed by atoms with Gasteiger partial charge in [0.05, 0.1) is 18.8 Å². The van der Waals surface area contributed by atoms with Crippen LogP contribution in [0.4, 0.5) is 0 Å². The highest BCUT2D eigenvalue weighted by Crippen LogP contribution is 2.13. The van der Waals surface area contributed by atoms with Crippen molar-refractivity contribution >= 4 is 33.4 Å². The van der Waals surface area contributed by atoms with Crippen molar-refractivity contribution in [1.82, 2.24) is 14.9 Å². The van der Waals surface area contributed by atoms with Crippen LogP contribution in [0.3, 0.4) is 0 Å². The molecule has 1 N–H and O–H groups in total. The quantitative estimate of drug-likeness (QED) is 0.765. The Morgan fingerprint density at radius 3 is 2.83 bits per heavy atom. The third kappa shape index (κ3) is 4.41. The summed E-state index contributed by atoms with van der Waals surface area (Å²) in [5, 5.41) is 5.03. The van der Waals surface area contributed by atoms with Crippen molar-refractivity contribution in [2.24, 2.45) is 5.92 Å². The molecule has 0 spiro atoms. The highest BCUT2D eigenvalue weighted by molar-refractivity contribution is 7.16. The molecule has 1 atom stereocenters. The van der Waals surface area contributed by atoms with E-state index in [1.807, 2.05) is 19.2 Å². The van der Waals surface area contributed by atoms with Crippen LogP contribution < -0.4 is 10.9 Å². The molecule has 0 bridgehead atoms. The van der Waals surface area contributed by atoms with Crippen LogP contribution in [-0.2, 0) is 20.9 Å². The lowest BCUT2D eigenvalue weighted by atomic mass is 10.0. The van der Waals surface area contributed by atoms with Gasteiger partial charge in [0.25, 0.3) is 5.56 Å². The van der Waals surface area contributed by atoms with E-state index in [9.17, 15) is 14.4 Å². The summed E-state index contributed by atoms with van der Waals surface area (Å²) >= 11 is 1.40. The number of amides is 1. The largest absolute Gasteiger partial charge is 0.467 e. The third-order valence-electron chi connectivity index (χ3n) is 3.56. The molecule has 0 aliphatic rings. The second kappa shape index (κ2) is 8.05. The Morgan fingerprint density at radius 1 is 1.42 bits per heavy atom. The van der Waals surface area contributed by atoms with E-state index >= 15 is 0 Å². The van der Waals surface area contributed by atoms with Crippen LogP contribution in [0.1, 0.15) is 26.7 Å². The maximum atomic E-state index is 12.2. The zero-order valence-corrected chi connectivity index (χ0v) is 14.8. The minimum Gasteiger partial charge on any atom is -0.467 e. The van der Waals surface area contributed by atoms with E-state index in [4.69, 9.17) is 4.74 Å². The number of carbonyl (C=O) groups is 2. The fourth-order valence-corrected chi connectivity index (χ4v) is 3.09. The third-order valence-corrected chi connectivity index (χ3v) is 4.38. The fraction of sp³-hybridized carbons (Fsp3) is 0.500. The van der Waals surface area contributed by atoms with Gasteiger partial charge in [0.2, 0.25) is 5.91 Å². The molecule has 2 heterocycles. The van der Waals surface area contributed by atoms with E-state index < -0.39 is 12.0 Å². The van der Waals surface area contributed by atoms with Crippen LogP contribution in [0.25, 0.3) is 10.2 Å². The Morgan fingerprint density at radius 2 is 2.17 bits per heavy atom. The summed E-state index contributed by atoms with van der Waals surface area (Å²) in [6.07, 6.45) is 2.03. The van der Waals surface area contributed by atoms with Gasteiger partial charge in [-0.15, -0.1) is 11.3 Å². The second-order valence-corrected chi connectivity index (χ2v) is 6.80. The maximum absolute atomic E-state index is 12.2. The number of fused-ring (bicyclic) bond motifs is 1. The number of aryl methyl sites for hydroxylation is 1. The van der Waals surface area contributed by atoms with Gasteiger partial charge in [-0.3, -0.25) is 14.2 Å². The van der Waals surface area contributed by atoms with Crippen molar-refractivity contribution in [1.29, 1.82) is 0 Å². The van der Waals surface area contributed by atoms with E-state index in [0.717, 1.165) is 0 Å². The molecule has 0 radical (unpaired) electrons. The van der Waals surface area contributed by atoms with Crippen LogP contribution in [0.15, 0.2) is 22.6 Å². The average molecular weight is 351 g/mol. The number of thiophene rings is 1. The molecule has 130 valence electrons. The molecule has 0 aliphatic heterocycles. The van der Waals surface area contributed by atoms with Gasteiger partial charge in [0.1, 0.15) is 10.9 Å². The van der Waals surface area contributed by atoms with Gasteiger partial charge < -0.3 is 10.1 Å². The van der Waals surface area contributed by atoms with Crippen molar-refractivity contribution in [3.05, 3.63) is 28.1 Å². The summed E-state index contributed by atoms with van der Waals surface area (Å²) in [6.45, 7) is 4.13. The summed E-state index contributed by atoms with van der Waals surface area (Å²) in [5.41, 5.74) is -0.166. The van der Waals surface area contributed by atoms with Crippen LogP contribution in [-0.4, -0.2) is 34.6 Å². The minimum atomic E-state index is -0.670. The van der Waals surface area contributed by atoms with Gasteiger partial charge in [-0.25, -0.2) is 9.78 Å². The number of hydrogen-bond acceptors (Lipinski definition) is 6. The monoisotopic (exact) mass is 351 g/mol. The number of hydrogen-bond donors (Lipinski definition) is 1. The van der Waals surface area contributed by atoms with Gasteiger partial charge in [-0.2, -0.15) is 0 Å². The Hall–Kier alpha value is -2.22. The molecule has 0 saturated carbocycles. The molecule has 0 unspecified atom stereocenters. The normalized spacial score (nSPS) is 12.3. The van der Waals surface area contributed by atoms with E-state index in [0.29, 0.717) is 16.6 Å². The van der Waals surface area contributed by atoms with Crippen LogP contribution in [0.5, 0.6) is 0 Å². The van der Waals surface area contributed by atoms with Crippen LogP contribution in [0, 0.1) is 5.92 Å². The molecule has 0 aromatic carbocycles. The number of ether oxygens (including phenoxy) is 1. The molecular formula is C16H21N3O4S. The maximum Gasteiger partial charge on any atom is 0.328 e. The first-order chi connectivity index (χ1) is 11.4. The van der Waals surface area contributed by atoms with Crippen molar-refractivity contribution in [3.63, 3.8) is 0 Å². The number of nitrogens with one attached hydrogen (secondary N) is 1. The molecule has 0 saturated heterocycles. The van der Waals surface area contributed by atoms with Gasteiger partial charge in [0.15, 0.2) is 0 Å². The summed E-state index contributed by atoms with van der Waals surface area (Å²) in [4.78, 5) is 41.0. The first-order valence-electron chi connectivity index (χ1n) is 7.72. The van der Waals surface area contributed by atoms with E-state index in [1.54, 1.807) is 6.07 Å². The standard InChI is InChI=1S/C16H21N3O4S/c1-10(2)8-12(16(22)23-3)18-13(20)4-6-19-9-17-14-11(15(19)21)5-7-24-14/h5,7,9-10,12H,4,6,8H2,1-3H3,(H,18,20)/t12-/m1/s1. The molecule has 0 fully saturated rings. The minimum absolute atomic E-state index is 0.0861. The Labute approximate surface area is 143 Å². The number of carbonyl (C=O) groups excluding carboxylic acids is 2. The van der Waals surface area contributed by atoms with E-state index in [1.165, 1.54) is 29.3 Å². The lowest BCUT2D eigenvalue weighted by Crippen LogP contribution is -2.42. The SMILES string of the molecule is COC(=O)[C@@H](CC(C)C)NC(=O)CCn1cnc2sccc2c1=O. The lowest BCUT2D eigenvalue weighted by molar-refractivity contribution is -0.145. The van der Waals surface area contributed by atoms with E-state index in [2.05, 4.69) is 10.3 Å². The number of esters is 1. The highest BCUT2D eigenvalue weighted by Gasteiger charge is 2.22. The predicted octanol–water partition coefficient (Wildman–Crippen LogP) is 1.55. The topological polar surface area (TPSA) is 90.3 Å². The summed E-state index contributed by atoms with van der Waals surface area (Å²) in [5.74, 6) is -0.527. The summed E-state index contributed by atoms with van der Waals surface area (Å²) < 4.78 is 6.12. The Kier molecular flexibility index (Phi) is 6.08. The number of rotatable bonds is 7. The molecule has 8 heteroatoms. The second-order valence-electron chi connectivity index (χ2n) is 5.91. The smallest absolute Gasteiger partial charge is 0.328 e. The van der Waals surface area contributed by atoms with Crippen molar-refractivity contribution in [2.45, 2.75) is 39.3 Å². The lowest BCUT2D eigenvalue weighted by Gasteiger charge is -2.18. The highest BCUT2D eigenvalue weighted by atomic mass is 32.1. The van der Waals surface area contributed by atoms with Gasteiger partial charge >= 0.3 is 5.97 Å². The van der Waals surface area contributed by atoms with Crippen LogP contribution in [0.2, 0.25) is 0 Å². The molecule has 24 heavy (non-hydrogen) atoms. The van der Waals surface area contributed by atoms with Gasteiger partial charge in [-0.1, -0.05) is 13.8 Å². The number of nitrogens with zero attached hydrogens (tertiary/aromatic N) is 2. The molecule has 2 aromatic rings. The molecule has 7 nitrogen and oxygen atoms in total. The summed E-state index contributed by atoms with van der Waals surface area (Å²) in [7, 11) is 1.29. The zero-order valence-electron chi connectivity index (χ0n) is 13.9. The number of methoxy groups -OCH3 is 1. The first kappa shape index (κ1) is 18.1. The van der Waals surface area contributed by atoms with Gasteiger partial charge in [-0.05, 0) is 23.8 Å². The van der Waals surface area contributed by atoms with E-state index in [-0.39, 0.29) is 30.3 Å². The molecule has 0 aliphatic carbocycles. The molecular weight excluding hydrogens is 330 g/mol. The average Bonchev–Trinajstić information content (AvgIpc) is 3.02. The summed E-state index contributed by atoms with van der Waals surface area (Å²) in [6, 6.07) is 1.05. The zero-order chi connectivity index (χ0) is 17.7. The predicted molar refractivity (Wildman–Crippen MR) is 91.9 cm³/mol. The molecule has 2 rings (SSSR count). The molecule has 2 aromatic heterocycles. The Balaban J connectivity index is 1.99. The van der Waals surface area contributed by atoms with Gasteiger partial charge in [0, 0.05) is 13.0 Å². The van der Waals surface area contributed by atoms with Crippen molar-refractivity contribution < 1.29 is 14.3 Å². The molecule has 1 amide bonds. The Bertz CT molecular complexity index is 781. The first-order valence-corrected chi connectivity index (χ1v) is 8.60. The fourth-order valence-electron chi connectivity index (χ4n) is 2.37. The van der Waals surface area contributed by atoms with Crippen LogP contribution >= 0.6 is 11.3 Å². The number of aromatic nitrogens is 2. The van der Waals surface area contributed by atoms with Crippen molar-refractivity contribution in [2.75, 3.05) is 7.11 Å². The van der Waals surface area contributed by atoms with Crippen molar-refractivity contribution in [3.8, 4) is 0 Å².